The number of hydrogen-bond acceptors (Lipinski definition) is 2. The minimum atomic E-state index is -4.46. The summed E-state index contributed by atoms with van der Waals surface area (Å²) in [5.74, 6) is -0.597. The highest BCUT2D eigenvalue weighted by Crippen LogP contribution is 2.31. The number of halogens is 4. The standard InChI is InChI=1S/C13H9ClF3NO2/c14-11-9(5-6-20-11)12(19)18-7-8-3-1-2-4-10(8)13(15,16)17/h1-6H,7H2,(H,18,19). The van der Waals surface area contributed by atoms with Crippen LogP contribution in [0.4, 0.5) is 13.2 Å². The fourth-order valence-electron chi connectivity index (χ4n) is 1.68. The van der Waals surface area contributed by atoms with Crippen LogP contribution >= 0.6 is 11.6 Å². The van der Waals surface area contributed by atoms with Gasteiger partial charge in [-0.1, -0.05) is 18.2 Å². The van der Waals surface area contributed by atoms with E-state index in [1.54, 1.807) is 0 Å². The third kappa shape index (κ3) is 3.14. The predicted octanol–water partition coefficient (Wildman–Crippen LogP) is 3.88. The summed E-state index contributed by atoms with van der Waals surface area (Å²) in [7, 11) is 0. The normalized spacial score (nSPS) is 11.4. The van der Waals surface area contributed by atoms with Crippen LogP contribution in [0.2, 0.25) is 5.22 Å². The maximum Gasteiger partial charge on any atom is 0.416 e. The molecule has 3 nitrogen and oxygen atoms in total. The van der Waals surface area contributed by atoms with E-state index in [0.29, 0.717) is 0 Å². The smallest absolute Gasteiger partial charge is 0.416 e. The van der Waals surface area contributed by atoms with Crippen molar-refractivity contribution in [2.75, 3.05) is 0 Å². The summed E-state index contributed by atoms with van der Waals surface area (Å²) in [6, 6.07) is 6.38. The molecule has 1 amide bonds. The molecule has 0 saturated heterocycles. The molecule has 7 heteroatoms. The predicted molar refractivity (Wildman–Crippen MR) is 66.3 cm³/mol. The summed E-state index contributed by atoms with van der Waals surface area (Å²) < 4.78 is 43.0. The van der Waals surface area contributed by atoms with Gasteiger partial charge < -0.3 is 9.73 Å². The minimum absolute atomic E-state index is 0.0204. The van der Waals surface area contributed by atoms with Crippen LogP contribution in [0, 0.1) is 0 Å². The summed E-state index contributed by atoms with van der Waals surface area (Å²) in [5.41, 5.74) is -0.720. The molecule has 0 bridgehead atoms. The molecule has 1 N–H and O–H groups in total. The van der Waals surface area contributed by atoms with Crippen LogP contribution in [0.1, 0.15) is 21.5 Å². The Morgan fingerprint density at radius 1 is 1.25 bits per heavy atom. The lowest BCUT2D eigenvalue weighted by molar-refractivity contribution is -0.138. The Kier molecular flexibility index (Phi) is 4.04. The monoisotopic (exact) mass is 303 g/mol. The third-order valence-corrected chi connectivity index (χ3v) is 2.92. The Bertz CT molecular complexity index is 622. The summed E-state index contributed by atoms with van der Waals surface area (Å²) in [5, 5.41) is 2.27. The summed E-state index contributed by atoms with van der Waals surface area (Å²) in [6.07, 6.45) is -3.24. The van der Waals surface area contributed by atoms with Crippen molar-refractivity contribution >= 4 is 17.5 Å². The van der Waals surface area contributed by atoms with Crippen molar-refractivity contribution in [2.45, 2.75) is 12.7 Å². The molecule has 1 aromatic heterocycles. The second kappa shape index (κ2) is 5.58. The zero-order valence-corrected chi connectivity index (χ0v) is 10.8. The lowest BCUT2D eigenvalue weighted by Gasteiger charge is -2.13. The summed E-state index contributed by atoms with van der Waals surface area (Å²) in [4.78, 5) is 11.7. The van der Waals surface area contributed by atoms with E-state index in [1.807, 2.05) is 0 Å². The van der Waals surface area contributed by atoms with E-state index in [1.165, 1.54) is 30.5 Å². The molecule has 20 heavy (non-hydrogen) atoms. The van der Waals surface area contributed by atoms with E-state index < -0.39 is 17.6 Å². The van der Waals surface area contributed by atoms with Crippen LogP contribution in [0.5, 0.6) is 0 Å². The highest BCUT2D eigenvalue weighted by Gasteiger charge is 2.32. The van der Waals surface area contributed by atoms with Crippen molar-refractivity contribution in [1.29, 1.82) is 0 Å². The molecule has 0 aliphatic heterocycles. The Balaban J connectivity index is 2.12. The van der Waals surface area contributed by atoms with Crippen molar-refractivity contribution in [3.05, 3.63) is 58.5 Å². The molecular weight excluding hydrogens is 295 g/mol. The third-order valence-electron chi connectivity index (χ3n) is 2.62. The number of hydrogen-bond donors (Lipinski definition) is 1. The molecule has 2 aromatic rings. The fraction of sp³-hybridized carbons (Fsp3) is 0.154. The van der Waals surface area contributed by atoms with Gasteiger partial charge >= 0.3 is 6.18 Å². The van der Waals surface area contributed by atoms with E-state index in [0.717, 1.165) is 6.07 Å². The lowest BCUT2D eigenvalue weighted by atomic mass is 10.1. The second-order valence-corrected chi connectivity index (χ2v) is 4.29. The number of carbonyl (C=O) groups is 1. The van der Waals surface area contributed by atoms with Gasteiger partial charge in [0.25, 0.3) is 5.91 Å². The first-order chi connectivity index (χ1) is 9.39. The van der Waals surface area contributed by atoms with E-state index in [-0.39, 0.29) is 22.9 Å². The number of amides is 1. The van der Waals surface area contributed by atoms with Gasteiger partial charge in [-0.05, 0) is 29.3 Å². The van der Waals surface area contributed by atoms with Crippen LogP contribution in [-0.2, 0) is 12.7 Å². The van der Waals surface area contributed by atoms with E-state index >= 15 is 0 Å². The van der Waals surface area contributed by atoms with Crippen molar-refractivity contribution < 1.29 is 22.4 Å². The molecule has 0 spiro atoms. The second-order valence-electron chi connectivity index (χ2n) is 3.95. The highest BCUT2D eigenvalue weighted by molar-refractivity contribution is 6.32. The van der Waals surface area contributed by atoms with Gasteiger partial charge in [-0.25, -0.2) is 0 Å². The van der Waals surface area contributed by atoms with Crippen LogP contribution in [0.15, 0.2) is 41.0 Å². The van der Waals surface area contributed by atoms with Gasteiger partial charge in [0.15, 0.2) is 0 Å². The lowest BCUT2D eigenvalue weighted by Crippen LogP contribution is -2.24. The van der Waals surface area contributed by atoms with E-state index in [2.05, 4.69) is 5.32 Å². The van der Waals surface area contributed by atoms with Crippen LogP contribution in [0.25, 0.3) is 0 Å². The van der Waals surface area contributed by atoms with Gasteiger partial charge in [-0.3, -0.25) is 4.79 Å². The van der Waals surface area contributed by atoms with Gasteiger partial charge in [0.2, 0.25) is 5.22 Å². The maximum absolute atomic E-state index is 12.8. The highest BCUT2D eigenvalue weighted by atomic mass is 35.5. The van der Waals surface area contributed by atoms with E-state index in [4.69, 9.17) is 16.0 Å². The van der Waals surface area contributed by atoms with Crippen LogP contribution in [-0.4, -0.2) is 5.91 Å². The van der Waals surface area contributed by atoms with E-state index in [9.17, 15) is 18.0 Å². The fourth-order valence-corrected chi connectivity index (χ4v) is 1.88. The molecule has 0 aliphatic carbocycles. The summed E-state index contributed by atoms with van der Waals surface area (Å²) >= 11 is 5.61. The Labute approximate surface area is 117 Å². The Hall–Kier alpha value is -1.95. The van der Waals surface area contributed by atoms with Gasteiger partial charge in [0.1, 0.15) is 0 Å². The zero-order chi connectivity index (χ0) is 14.8. The molecule has 1 aromatic carbocycles. The first-order valence-electron chi connectivity index (χ1n) is 5.56. The average molecular weight is 304 g/mol. The largest absolute Gasteiger partial charge is 0.452 e. The molecule has 106 valence electrons. The Morgan fingerprint density at radius 2 is 1.95 bits per heavy atom. The summed E-state index contributed by atoms with van der Waals surface area (Å²) in [6.45, 7) is -0.254. The quantitative estimate of drug-likeness (QED) is 0.935. The average Bonchev–Trinajstić information content (AvgIpc) is 2.81. The SMILES string of the molecule is O=C(NCc1ccccc1C(F)(F)F)c1ccoc1Cl. The van der Waals surface area contributed by atoms with Gasteiger partial charge in [0.05, 0.1) is 17.4 Å². The molecule has 2 rings (SSSR count). The number of nitrogens with one attached hydrogen (secondary N) is 1. The number of carbonyl (C=O) groups excluding carboxylic acids is 1. The van der Waals surface area contributed by atoms with Crippen molar-refractivity contribution in [1.82, 2.24) is 5.32 Å². The first-order valence-corrected chi connectivity index (χ1v) is 5.93. The van der Waals surface area contributed by atoms with Gasteiger partial charge in [-0.15, -0.1) is 0 Å². The molecule has 0 unspecified atom stereocenters. The zero-order valence-electron chi connectivity index (χ0n) is 10.00. The van der Waals surface area contributed by atoms with Gasteiger partial charge in [-0.2, -0.15) is 13.2 Å². The molecule has 0 fully saturated rings. The molecule has 0 radical (unpaired) electrons. The maximum atomic E-state index is 12.8. The molecule has 0 aliphatic rings. The number of rotatable bonds is 3. The van der Waals surface area contributed by atoms with Crippen LogP contribution in [0.3, 0.4) is 0 Å². The molecule has 0 atom stereocenters. The number of benzene rings is 1. The molecule has 0 saturated carbocycles. The number of alkyl halides is 3. The van der Waals surface area contributed by atoms with Crippen molar-refractivity contribution in [2.24, 2.45) is 0 Å². The Morgan fingerprint density at radius 3 is 2.55 bits per heavy atom. The minimum Gasteiger partial charge on any atom is -0.452 e. The van der Waals surface area contributed by atoms with Crippen molar-refractivity contribution in [3.63, 3.8) is 0 Å². The van der Waals surface area contributed by atoms with Crippen LogP contribution < -0.4 is 5.32 Å². The first kappa shape index (κ1) is 14.5. The topological polar surface area (TPSA) is 42.2 Å². The molecular formula is C13H9ClF3NO2. The van der Waals surface area contributed by atoms with Gasteiger partial charge in [0, 0.05) is 6.54 Å². The number of furan rings is 1. The van der Waals surface area contributed by atoms with Crippen molar-refractivity contribution in [3.8, 4) is 0 Å². The molecule has 1 heterocycles.